The maximum Gasteiger partial charge on any atom is 0.251 e. The zero-order valence-electron chi connectivity index (χ0n) is 24.5. The normalized spacial score (nSPS) is 14.0. The maximum absolute atomic E-state index is 12.8. The number of amides is 1. The standard InChI is InChI=1S/C34H37N5O2S/c1-4-31-37-32-23(2)18-24(3)36-33(32)39(31)21-25-10-12-26(13-11-25)29-19-28(22-38-14-16-41-17-15-38)42-30(29)20-35-34(40)27-8-6-5-7-9-27/h5-13,18-19H,4,14-17,20-22H2,1-3H3,(H,35,40). The molecule has 6 rings (SSSR count). The molecule has 5 aromatic rings. The molecule has 1 fully saturated rings. The molecular formula is C34H37N5O2S. The Balaban J connectivity index is 1.26. The number of hydrogen-bond acceptors (Lipinski definition) is 6. The number of ether oxygens (including phenoxy) is 1. The molecule has 0 atom stereocenters. The fraction of sp³-hybridized carbons (Fsp3) is 0.324. The van der Waals surface area contributed by atoms with Gasteiger partial charge in [0.15, 0.2) is 5.65 Å². The van der Waals surface area contributed by atoms with Gasteiger partial charge in [0.05, 0.1) is 26.3 Å². The van der Waals surface area contributed by atoms with E-state index < -0.39 is 0 Å². The topological polar surface area (TPSA) is 72.3 Å². The number of nitrogens with zero attached hydrogens (tertiary/aromatic N) is 4. The van der Waals surface area contributed by atoms with Gasteiger partial charge in [-0.2, -0.15) is 0 Å². The molecule has 0 saturated carbocycles. The molecule has 3 aromatic heterocycles. The maximum atomic E-state index is 12.8. The van der Waals surface area contributed by atoms with Crippen LogP contribution in [0.1, 0.15) is 49.7 Å². The average molecular weight is 580 g/mol. The van der Waals surface area contributed by atoms with Gasteiger partial charge in [0.25, 0.3) is 5.91 Å². The van der Waals surface area contributed by atoms with Gasteiger partial charge in [-0.1, -0.05) is 49.4 Å². The molecule has 1 aliphatic rings. The minimum Gasteiger partial charge on any atom is -0.379 e. The zero-order valence-corrected chi connectivity index (χ0v) is 25.3. The smallest absolute Gasteiger partial charge is 0.251 e. The SMILES string of the molecule is CCc1nc2c(C)cc(C)nc2n1Cc1ccc(-c2cc(CN3CCOCC3)sc2CNC(=O)c2ccccc2)cc1. The van der Waals surface area contributed by atoms with Crippen molar-refractivity contribution in [3.63, 3.8) is 0 Å². The third-order valence-electron chi connectivity index (χ3n) is 7.81. The molecular weight excluding hydrogens is 542 g/mol. The summed E-state index contributed by atoms with van der Waals surface area (Å²) in [6.07, 6.45) is 0.853. The van der Waals surface area contributed by atoms with E-state index in [2.05, 4.69) is 65.0 Å². The predicted molar refractivity (Wildman–Crippen MR) is 169 cm³/mol. The van der Waals surface area contributed by atoms with Crippen LogP contribution in [0.5, 0.6) is 0 Å². The number of imidazole rings is 1. The molecule has 4 heterocycles. The number of nitrogens with one attached hydrogen (secondary N) is 1. The van der Waals surface area contributed by atoms with Gasteiger partial charge in [0.2, 0.25) is 0 Å². The zero-order chi connectivity index (χ0) is 29.1. The lowest BCUT2D eigenvalue weighted by Gasteiger charge is -2.25. The number of fused-ring (bicyclic) bond motifs is 1. The van der Waals surface area contributed by atoms with Crippen LogP contribution in [0.25, 0.3) is 22.3 Å². The lowest BCUT2D eigenvalue weighted by Crippen LogP contribution is -2.35. The molecule has 1 amide bonds. The van der Waals surface area contributed by atoms with Crippen molar-refractivity contribution in [2.45, 2.75) is 46.8 Å². The third kappa shape index (κ3) is 6.16. The summed E-state index contributed by atoms with van der Waals surface area (Å²) in [5, 5.41) is 3.14. The van der Waals surface area contributed by atoms with Gasteiger partial charge in [0, 0.05) is 47.1 Å². The van der Waals surface area contributed by atoms with Gasteiger partial charge in [0.1, 0.15) is 11.3 Å². The fourth-order valence-electron chi connectivity index (χ4n) is 5.63. The average Bonchev–Trinajstić information content (AvgIpc) is 3.58. The highest BCUT2D eigenvalue weighted by molar-refractivity contribution is 7.12. The first-order chi connectivity index (χ1) is 20.5. The van der Waals surface area contributed by atoms with Gasteiger partial charge in [-0.25, -0.2) is 9.97 Å². The Bertz CT molecular complexity index is 1690. The summed E-state index contributed by atoms with van der Waals surface area (Å²) in [5.74, 6) is 0.996. The number of aromatic nitrogens is 3. The van der Waals surface area contributed by atoms with Crippen LogP contribution in [0.4, 0.5) is 0 Å². The Morgan fingerprint density at radius 1 is 0.976 bits per heavy atom. The lowest BCUT2D eigenvalue weighted by atomic mass is 10.0. The number of aryl methyl sites for hydroxylation is 3. The lowest BCUT2D eigenvalue weighted by molar-refractivity contribution is 0.0346. The summed E-state index contributed by atoms with van der Waals surface area (Å²) in [6.45, 7) is 11.8. The summed E-state index contributed by atoms with van der Waals surface area (Å²) in [5.41, 5.74) is 8.33. The first-order valence-corrected chi connectivity index (χ1v) is 15.5. The predicted octanol–water partition coefficient (Wildman–Crippen LogP) is 6.15. The first-order valence-electron chi connectivity index (χ1n) is 14.7. The fourth-order valence-corrected chi connectivity index (χ4v) is 6.80. The van der Waals surface area contributed by atoms with Crippen LogP contribution >= 0.6 is 11.3 Å². The molecule has 0 unspecified atom stereocenters. The van der Waals surface area contributed by atoms with E-state index in [1.54, 1.807) is 11.3 Å². The number of rotatable bonds is 9. The number of thiophene rings is 1. The van der Waals surface area contributed by atoms with Crippen LogP contribution in [0.15, 0.2) is 66.7 Å². The molecule has 1 aliphatic heterocycles. The van der Waals surface area contributed by atoms with Crippen LogP contribution in [-0.2, 0) is 30.8 Å². The van der Waals surface area contributed by atoms with Gasteiger partial charge < -0.3 is 14.6 Å². The van der Waals surface area contributed by atoms with Crippen molar-refractivity contribution in [2.75, 3.05) is 26.3 Å². The Morgan fingerprint density at radius 3 is 2.48 bits per heavy atom. The van der Waals surface area contributed by atoms with E-state index in [0.29, 0.717) is 12.1 Å². The van der Waals surface area contributed by atoms with E-state index in [9.17, 15) is 4.79 Å². The second-order valence-corrected chi connectivity index (χ2v) is 12.1. The van der Waals surface area contributed by atoms with Crippen molar-refractivity contribution >= 4 is 28.4 Å². The van der Waals surface area contributed by atoms with E-state index >= 15 is 0 Å². The highest BCUT2D eigenvalue weighted by atomic mass is 32.1. The number of carbonyl (C=O) groups is 1. The van der Waals surface area contributed by atoms with Crippen molar-refractivity contribution in [3.8, 4) is 11.1 Å². The molecule has 7 nitrogen and oxygen atoms in total. The van der Waals surface area contributed by atoms with Crippen molar-refractivity contribution in [2.24, 2.45) is 0 Å². The largest absolute Gasteiger partial charge is 0.379 e. The monoisotopic (exact) mass is 579 g/mol. The van der Waals surface area contributed by atoms with E-state index in [-0.39, 0.29) is 5.91 Å². The minimum atomic E-state index is -0.0570. The number of hydrogen-bond donors (Lipinski definition) is 1. The molecule has 0 aliphatic carbocycles. The molecule has 0 bridgehead atoms. The number of pyridine rings is 1. The highest BCUT2D eigenvalue weighted by Crippen LogP contribution is 2.33. The molecule has 0 spiro atoms. The van der Waals surface area contributed by atoms with E-state index in [1.165, 1.54) is 26.4 Å². The second-order valence-electron chi connectivity index (χ2n) is 10.9. The Kier molecular flexibility index (Phi) is 8.46. The molecule has 0 radical (unpaired) electrons. The summed E-state index contributed by atoms with van der Waals surface area (Å²) >= 11 is 1.78. The van der Waals surface area contributed by atoms with Crippen LogP contribution < -0.4 is 5.32 Å². The number of morpholine rings is 1. The summed E-state index contributed by atoms with van der Waals surface area (Å²) < 4.78 is 7.80. The van der Waals surface area contributed by atoms with Gasteiger partial charge in [-0.3, -0.25) is 9.69 Å². The Labute approximate surface area is 251 Å². The van der Waals surface area contributed by atoms with Gasteiger partial charge >= 0.3 is 0 Å². The molecule has 2 aromatic carbocycles. The summed E-state index contributed by atoms with van der Waals surface area (Å²) in [7, 11) is 0. The van der Waals surface area contributed by atoms with Gasteiger partial charge in [-0.15, -0.1) is 11.3 Å². The van der Waals surface area contributed by atoms with Crippen LogP contribution in [0.2, 0.25) is 0 Å². The highest BCUT2D eigenvalue weighted by Gasteiger charge is 2.18. The Morgan fingerprint density at radius 2 is 1.74 bits per heavy atom. The first kappa shape index (κ1) is 28.3. The minimum absolute atomic E-state index is 0.0570. The van der Waals surface area contributed by atoms with E-state index in [0.717, 1.165) is 74.1 Å². The van der Waals surface area contributed by atoms with Crippen molar-refractivity contribution < 1.29 is 9.53 Å². The second kappa shape index (κ2) is 12.6. The Hall–Kier alpha value is -3.85. The van der Waals surface area contributed by atoms with Crippen LogP contribution in [0.3, 0.4) is 0 Å². The van der Waals surface area contributed by atoms with Crippen molar-refractivity contribution in [1.29, 1.82) is 0 Å². The molecule has 1 N–H and O–H groups in total. The molecule has 1 saturated heterocycles. The summed E-state index contributed by atoms with van der Waals surface area (Å²) in [4.78, 5) is 27.5. The molecule has 216 valence electrons. The summed E-state index contributed by atoms with van der Waals surface area (Å²) in [6, 6.07) is 22.6. The quantitative estimate of drug-likeness (QED) is 0.227. The van der Waals surface area contributed by atoms with Crippen LogP contribution in [-0.4, -0.2) is 51.6 Å². The third-order valence-corrected chi connectivity index (χ3v) is 8.93. The molecule has 42 heavy (non-hydrogen) atoms. The van der Waals surface area contributed by atoms with Crippen molar-refractivity contribution in [1.82, 2.24) is 24.8 Å². The van der Waals surface area contributed by atoms with E-state index in [4.69, 9.17) is 14.7 Å². The van der Waals surface area contributed by atoms with Gasteiger partial charge in [-0.05, 0) is 60.4 Å². The molecule has 8 heteroatoms. The number of carbonyl (C=O) groups excluding carboxylic acids is 1. The number of benzene rings is 2. The van der Waals surface area contributed by atoms with Crippen LogP contribution in [0, 0.1) is 13.8 Å². The van der Waals surface area contributed by atoms with Crippen molar-refractivity contribution in [3.05, 3.63) is 105 Å². The van der Waals surface area contributed by atoms with E-state index in [1.807, 2.05) is 37.3 Å².